The lowest BCUT2D eigenvalue weighted by Gasteiger charge is -2.50. The number of rotatable bonds is 5. The lowest BCUT2D eigenvalue weighted by Crippen LogP contribution is -2.69. The van der Waals surface area contributed by atoms with Crippen molar-refractivity contribution in [3.05, 3.63) is 17.7 Å². The Morgan fingerprint density at radius 1 is 1.17 bits per heavy atom. The van der Waals surface area contributed by atoms with Crippen molar-refractivity contribution < 1.29 is 22.7 Å². The number of carbonyl (C=O) groups is 1. The van der Waals surface area contributed by atoms with Crippen LogP contribution < -0.4 is 9.47 Å². The molecule has 1 spiro atoms. The Balaban J connectivity index is 1.50. The number of hydrogen-bond acceptors (Lipinski definition) is 7. The van der Waals surface area contributed by atoms with Crippen molar-refractivity contribution in [1.82, 2.24) is 14.8 Å². The van der Waals surface area contributed by atoms with Gasteiger partial charge in [-0.05, 0) is 44.3 Å². The molecule has 8 nitrogen and oxygen atoms in total. The van der Waals surface area contributed by atoms with Gasteiger partial charge in [0.05, 0.1) is 20.0 Å². The lowest BCUT2D eigenvalue weighted by molar-refractivity contribution is 0.0408. The van der Waals surface area contributed by atoms with Crippen molar-refractivity contribution in [2.45, 2.75) is 30.4 Å². The van der Waals surface area contributed by atoms with Crippen molar-refractivity contribution in [1.29, 1.82) is 0 Å². The third-order valence-corrected chi connectivity index (χ3v) is 9.30. The third kappa shape index (κ3) is 3.48. The van der Waals surface area contributed by atoms with Gasteiger partial charge in [0, 0.05) is 25.7 Å². The average Bonchev–Trinajstić information content (AvgIpc) is 2.96. The maximum Gasteiger partial charge on any atom is 0.259 e. The number of amides is 1. The molecule has 3 saturated heterocycles. The standard InChI is InChI=1S/C20H29N3O5S/c1-27-17-7-6-16(18(21-17)28-2)19(24)23-13-20(14-23)15(8-11-29(20,25)26)12-22-9-4-3-5-10-22/h6-7,15H,3-5,8-14H2,1-2H3. The van der Waals surface area contributed by atoms with Crippen LogP contribution in [0.4, 0.5) is 0 Å². The van der Waals surface area contributed by atoms with Crippen molar-refractivity contribution in [2.24, 2.45) is 5.92 Å². The highest BCUT2D eigenvalue weighted by Crippen LogP contribution is 2.46. The summed E-state index contributed by atoms with van der Waals surface area (Å²) in [5, 5.41) is 0. The molecule has 1 unspecified atom stereocenters. The zero-order valence-corrected chi connectivity index (χ0v) is 17.9. The number of piperidine rings is 1. The van der Waals surface area contributed by atoms with Gasteiger partial charge in [-0.15, -0.1) is 0 Å². The second kappa shape index (κ2) is 7.75. The molecule has 9 heteroatoms. The van der Waals surface area contributed by atoms with Crippen molar-refractivity contribution in [3.63, 3.8) is 0 Å². The predicted molar refractivity (Wildman–Crippen MR) is 108 cm³/mol. The zero-order chi connectivity index (χ0) is 20.6. The van der Waals surface area contributed by atoms with E-state index in [1.54, 1.807) is 17.0 Å². The molecule has 1 atom stereocenters. The van der Waals surface area contributed by atoms with Gasteiger partial charge in [0.15, 0.2) is 9.84 Å². The minimum absolute atomic E-state index is 0.0885. The van der Waals surface area contributed by atoms with Gasteiger partial charge in [0.1, 0.15) is 10.3 Å². The quantitative estimate of drug-likeness (QED) is 0.703. The van der Waals surface area contributed by atoms with Gasteiger partial charge >= 0.3 is 0 Å². The molecule has 160 valence electrons. The SMILES string of the molecule is COc1ccc(C(=O)N2CC3(C2)C(CN2CCCCC2)CCS3(=O)=O)c(OC)n1. The summed E-state index contributed by atoms with van der Waals surface area (Å²) in [6.07, 6.45) is 4.31. The summed E-state index contributed by atoms with van der Waals surface area (Å²) in [7, 11) is -0.266. The molecule has 1 aromatic heterocycles. The van der Waals surface area contributed by atoms with Gasteiger partial charge in [-0.1, -0.05) is 6.42 Å². The monoisotopic (exact) mass is 423 g/mol. The Labute approximate surface area is 172 Å². The van der Waals surface area contributed by atoms with Crippen LogP contribution >= 0.6 is 0 Å². The molecule has 1 amide bonds. The highest BCUT2D eigenvalue weighted by molar-refractivity contribution is 7.93. The Morgan fingerprint density at radius 2 is 1.90 bits per heavy atom. The maximum atomic E-state index is 13.0. The Morgan fingerprint density at radius 3 is 2.55 bits per heavy atom. The van der Waals surface area contributed by atoms with Crippen LogP contribution in [-0.2, 0) is 9.84 Å². The van der Waals surface area contributed by atoms with Crippen LogP contribution in [-0.4, -0.2) is 86.6 Å². The van der Waals surface area contributed by atoms with Crippen LogP contribution in [0, 0.1) is 5.92 Å². The summed E-state index contributed by atoms with van der Waals surface area (Å²) in [6, 6.07) is 3.23. The fraction of sp³-hybridized carbons (Fsp3) is 0.700. The van der Waals surface area contributed by atoms with Gasteiger partial charge in [-0.2, -0.15) is 4.98 Å². The summed E-state index contributed by atoms with van der Waals surface area (Å²) >= 11 is 0. The average molecular weight is 424 g/mol. The first-order valence-corrected chi connectivity index (χ1v) is 11.9. The number of sulfone groups is 1. The number of nitrogens with zero attached hydrogens (tertiary/aromatic N) is 3. The van der Waals surface area contributed by atoms with Gasteiger partial charge in [0.25, 0.3) is 5.91 Å². The Hall–Kier alpha value is -1.87. The molecular weight excluding hydrogens is 394 g/mol. The summed E-state index contributed by atoms with van der Waals surface area (Å²) < 4.78 is 35.4. The molecule has 4 rings (SSSR count). The van der Waals surface area contributed by atoms with E-state index in [9.17, 15) is 13.2 Å². The Kier molecular flexibility index (Phi) is 5.46. The van der Waals surface area contributed by atoms with Crippen molar-refractivity contribution in [3.8, 4) is 11.8 Å². The molecule has 0 bridgehead atoms. The molecule has 0 N–H and O–H groups in total. The number of pyridine rings is 1. The smallest absolute Gasteiger partial charge is 0.259 e. The minimum Gasteiger partial charge on any atom is -0.481 e. The predicted octanol–water partition coefficient (Wildman–Crippen LogP) is 1.21. The molecular formula is C20H29N3O5S. The molecule has 3 aliphatic rings. The highest BCUT2D eigenvalue weighted by Gasteiger charge is 2.62. The number of ether oxygens (including phenoxy) is 2. The summed E-state index contributed by atoms with van der Waals surface area (Å²) in [5.74, 6) is 0.612. The van der Waals surface area contributed by atoms with E-state index in [-0.39, 0.29) is 36.5 Å². The van der Waals surface area contributed by atoms with Gasteiger partial charge in [0.2, 0.25) is 11.8 Å². The van der Waals surface area contributed by atoms with Gasteiger partial charge in [-0.25, -0.2) is 8.42 Å². The molecule has 0 radical (unpaired) electrons. The maximum absolute atomic E-state index is 13.0. The first kappa shape index (κ1) is 20.4. The normalized spacial score (nSPS) is 25.6. The third-order valence-electron chi connectivity index (χ3n) is 6.70. The van der Waals surface area contributed by atoms with E-state index < -0.39 is 14.6 Å². The van der Waals surface area contributed by atoms with Crippen molar-refractivity contribution >= 4 is 15.7 Å². The summed E-state index contributed by atoms with van der Waals surface area (Å²) in [4.78, 5) is 21.2. The largest absolute Gasteiger partial charge is 0.481 e. The van der Waals surface area contributed by atoms with Crippen LogP contribution in [0.15, 0.2) is 12.1 Å². The topological polar surface area (TPSA) is 89.0 Å². The zero-order valence-electron chi connectivity index (χ0n) is 17.1. The Bertz CT molecular complexity index is 876. The van der Waals surface area contributed by atoms with Gasteiger partial charge < -0.3 is 19.3 Å². The highest BCUT2D eigenvalue weighted by atomic mass is 32.2. The van der Waals surface area contributed by atoms with E-state index in [0.29, 0.717) is 17.9 Å². The number of carbonyl (C=O) groups excluding carboxylic acids is 1. The number of methoxy groups -OCH3 is 2. The molecule has 3 aliphatic heterocycles. The molecule has 29 heavy (non-hydrogen) atoms. The number of likely N-dealkylation sites (tertiary alicyclic amines) is 2. The van der Waals surface area contributed by atoms with Crippen LogP contribution in [0.5, 0.6) is 11.8 Å². The molecule has 3 fully saturated rings. The van der Waals surface area contributed by atoms with E-state index >= 15 is 0 Å². The summed E-state index contributed by atoms with van der Waals surface area (Å²) in [5.41, 5.74) is 0.325. The second-order valence-electron chi connectivity index (χ2n) is 8.30. The fourth-order valence-corrected chi connectivity index (χ4v) is 7.36. The molecule has 0 aliphatic carbocycles. The van der Waals surface area contributed by atoms with Crippen LogP contribution in [0.2, 0.25) is 0 Å². The summed E-state index contributed by atoms with van der Waals surface area (Å²) in [6.45, 7) is 3.41. The van der Waals surface area contributed by atoms with E-state index in [1.165, 1.54) is 33.5 Å². The van der Waals surface area contributed by atoms with E-state index in [0.717, 1.165) is 19.6 Å². The molecule has 0 aromatic carbocycles. The lowest BCUT2D eigenvalue weighted by atomic mass is 9.82. The first-order chi connectivity index (χ1) is 13.9. The molecule has 4 heterocycles. The van der Waals surface area contributed by atoms with Crippen molar-refractivity contribution in [2.75, 3.05) is 52.7 Å². The first-order valence-electron chi connectivity index (χ1n) is 10.2. The number of hydrogen-bond donors (Lipinski definition) is 0. The van der Waals surface area contributed by atoms with Crippen LogP contribution in [0.25, 0.3) is 0 Å². The van der Waals surface area contributed by atoms with E-state index in [2.05, 4.69) is 9.88 Å². The molecule has 1 aromatic rings. The van der Waals surface area contributed by atoms with Gasteiger partial charge in [-0.3, -0.25) is 4.79 Å². The minimum atomic E-state index is -3.21. The molecule has 0 saturated carbocycles. The fourth-order valence-electron chi connectivity index (χ4n) is 4.95. The second-order valence-corrected chi connectivity index (χ2v) is 10.8. The van der Waals surface area contributed by atoms with Crippen LogP contribution in [0.1, 0.15) is 36.0 Å². The number of aromatic nitrogens is 1. The van der Waals surface area contributed by atoms with E-state index in [1.807, 2.05) is 0 Å². The van der Waals surface area contributed by atoms with Crippen LogP contribution in [0.3, 0.4) is 0 Å². The van der Waals surface area contributed by atoms with E-state index in [4.69, 9.17) is 9.47 Å².